The smallest absolute Gasteiger partial charge is 0.256 e. The summed E-state index contributed by atoms with van der Waals surface area (Å²) in [6, 6.07) is 12.4. The zero-order valence-electron chi connectivity index (χ0n) is 14.7. The molecule has 2 N–H and O–H groups in total. The molecule has 6 nitrogen and oxygen atoms in total. The summed E-state index contributed by atoms with van der Waals surface area (Å²) >= 11 is 3.37. The number of amides is 2. The number of carbonyl (C=O) groups is 2. The van der Waals surface area contributed by atoms with Gasteiger partial charge in [0, 0.05) is 23.8 Å². The molecular formula is C19H21BrN2O4. The van der Waals surface area contributed by atoms with E-state index in [1.54, 1.807) is 44.6 Å². The number of nitrogens with one attached hydrogen (secondary N) is 2. The number of hydrogen-bond acceptors (Lipinski definition) is 4. The molecule has 0 spiro atoms. The highest BCUT2D eigenvalue weighted by Crippen LogP contribution is 2.23. The Morgan fingerprint density at radius 3 is 2.46 bits per heavy atom. The van der Waals surface area contributed by atoms with Crippen LogP contribution in [0.15, 0.2) is 46.9 Å². The number of benzene rings is 2. The van der Waals surface area contributed by atoms with Crippen LogP contribution < -0.4 is 15.4 Å². The van der Waals surface area contributed by atoms with E-state index in [2.05, 4.69) is 26.6 Å². The number of ether oxygens (including phenoxy) is 2. The summed E-state index contributed by atoms with van der Waals surface area (Å²) in [7, 11) is 3.14. The van der Waals surface area contributed by atoms with E-state index in [0.717, 1.165) is 5.56 Å². The van der Waals surface area contributed by atoms with Gasteiger partial charge in [0.25, 0.3) is 5.91 Å². The highest BCUT2D eigenvalue weighted by atomic mass is 79.9. The van der Waals surface area contributed by atoms with Crippen LogP contribution in [0.2, 0.25) is 0 Å². The van der Waals surface area contributed by atoms with E-state index in [1.807, 2.05) is 12.1 Å². The van der Waals surface area contributed by atoms with Crippen LogP contribution in [0.25, 0.3) is 0 Å². The number of rotatable bonds is 8. The number of hydrogen-bond donors (Lipinski definition) is 2. The average Bonchev–Trinajstić information content (AvgIpc) is 2.64. The fourth-order valence-electron chi connectivity index (χ4n) is 2.25. The molecule has 138 valence electrons. The van der Waals surface area contributed by atoms with Crippen LogP contribution in [0.4, 0.5) is 5.69 Å². The van der Waals surface area contributed by atoms with Crippen molar-refractivity contribution < 1.29 is 19.1 Å². The van der Waals surface area contributed by atoms with Crippen molar-refractivity contribution >= 4 is 33.4 Å². The van der Waals surface area contributed by atoms with Crippen molar-refractivity contribution in [2.24, 2.45) is 0 Å². The van der Waals surface area contributed by atoms with E-state index in [1.165, 1.54) is 0 Å². The van der Waals surface area contributed by atoms with Crippen LogP contribution in [0.1, 0.15) is 15.9 Å². The molecule has 0 radical (unpaired) electrons. The first kappa shape index (κ1) is 19.9. The summed E-state index contributed by atoms with van der Waals surface area (Å²) in [6.45, 7) is 0.968. The molecule has 0 saturated heterocycles. The highest BCUT2D eigenvalue weighted by Gasteiger charge is 2.12. The number of methoxy groups -OCH3 is 2. The summed E-state index contributed by atoms with van der Waals surface area (Å²) in [5.74, 6) is 0.285. The fourth-order valence-corrected chi connectivity index (χ4v) is 2.68. The Hall–Kier alpha value is -2.38. The largest absolute Gasteiger partial charge is 0.497 e. The van der Waals surface area contributed by atoms with Gasteiger partial charge in [-0.15, -0.1) is 0 Å². The average molecular weight is 421 g/mol. The molecule has 0 aliphatic carbocycles. The van der Waals surface area contributed by atoms with Crippen LogP contribution in [-0.4, -0.2) is 39.2 Å². The predicted octanol–water partition coefficient (Wildman–Crippen LogP) is 3.02. The summed E-state index contributed by atoms with van der Waals surface area (Å²) in [4.78, 5) is 24.2. The lowest BCUT2D eigenvalue weighted by Gasteiger charge is -2.09. The minimum Gasteiger partial charge on any atom is -0.497 e. The topological polar surface area (TPSA) is 76.7 Å². The third-order valence-corrected chi connectivity index (χ3v) is 4.31. The van der Waals surface area contributed by atoms with Crippen LogP contribution in [-0.2, 0) is 16.0 Å². The van der Waals surface area contributed by atoms with Gasteiger partial charge >= 0.3 is 0 Å². The normalized spacial score (nSPS) is 10.3. The third kappa shape index (κ3) is 5.86. The number of anilines is 1. The molecule has 2 rings (SSSR count). The van der Waals surface area contributed by atoms with Gasteiger partial charge in [0.15, 0.2) is 0 Å². The molecule has 0 aromatic heterocycles. The van der Waals surface area contributed by atoms with Gasteiger partial charge in [-0.2, -0.15) is 0 Å². The monoisotopic (exact) mass is 420 g/mol. The molecular weight excluding hydrogens is 400 g/mol. The molecule has 2 aromatic carbocycles. The standard InChI is InChI=1S/C19H21BrN2O4/c1-25-10-9-21-18(23)11-13-3-5-14(6-4-13)22-19(24)16-12-15(26-2)7-8-17(16)20/h3-8,12H,9-11H2,1-2H3,(H,21,23)(H,22,24). The Morgan fingerprint density at radius 2 is 1.81 bits per heavy atom. The van der Waals surface area contributed by atoms with Gasteiger partial charge < -0.3 is 20.1 Å². The molecule has 7 heteroatoms. The second-order valence-corrected chi connectivity index (χ2v) is 6.37. The van der Waals surface area contributed by atoms with E-state index in [0.29, 0.717) is 34.6 Å². The quantitative estimate of drug-likeness (QED) is 0.643. The van der Waals surface area contributed by atoms with Gasteiger partial charge in [0.1, 0.15) is 5.75 Å². The maximum absolute atomic E-state index is 12.4. The van der Waals surface area contributed by atoms with Crippen molar-refractivity contribution in [3.05, 3.63) is 58.1 Å². The van der Waals surface area contributed by atoms with Crippen molar-refractivity contribution in [2.75, 3.05) is 32.7 Å². The maximum Gasteiger partial charge on any atom is 0.256 e. The lowest BCUT2D eigenvalue weighted by Crippen LogP contribution is -2.28. The molecule has 2 aromatic rings. The van der Waals surface area contributed by atoms with Gasteiger partial charge in [-0.3, -0.25) is 9.59 Å². The third-order valence-electron chi connectivity index (χ3n) is 3.62. The maximum atomic E-state index is 12.4. The second kappa shape index (κ2) is 9.94. The summed E-state index contributed by atoms with van der Waals surface area (Å²) in [5.41, 5.74) is 1.99. The van der Waals surface area contributed by atoms with Crippen LogP contribution >= 0.6 is 15.9 Å². The van der Waals surface area contributed by atoms with Crippen molar-refractivity contribution in [1.29, 1.82) is 0 Å². The highest BCUT2D eigenvalue weighted by molar-refractivity contribution is 9.10. The van der Waals surface area contributed by atoms with Crippen LogP contribution in [0.3, 0.4) is 0 Å². The first-order valence-corrected chi connectivity index (χ1v) is 8.82. The van der Waals surface area contributed by atoms with Crippen molar-refractivity contribution in [1.82, 2.24) is 5.32 Å². The van der Waals surface area contributed by atoms with Gasteiger partial charge in [-0.25, -0.2) is 0 Å². The lowest BCUT2D eigenvalue weighted by molar-refractivity contribution is -0.120. The Bertz CT molecular complexity index is 763. The van der Waals surface area contributed by atoms with Gasteiger partial charge in [-0.1, -0.05) is 12.1 Å². The van der Waals surface area contributed by atoms with E-state index >= 15 is 0 Å². The van der Waals surface area contributed by atoms with E-state index in [4.69, 9.17) is 9.47 Å². The predicted molar refractivity (Wildman–Crippen MR) is 104 cm³/mol. The van der Waals surface area contributed by atoms with E-state index < -0.39 is 0 Å². The second-order valence-electron chi connectivity index (χ2n) is 5.52. The van der Waals surface area contributed by atoms with Crippen LogP contribution in [0.5, 0.6) is 5.75 Å². The molecule has 0 atom stereocenters. The minimum atomic E-state index is -0.249. The summed E-state index contributed by atoms with van der Waals surface area (Å²) < 4.78 is 10.7. The first-order valence-electron chi connectivity index (χ1n) is 8.03. The summed E-state index contributed by atoms with van der Waals surface area (Å²) in [5, 5.41) is 5.60. The van der Waals surface area contributed by atoms with E-state index in [-0.39, 0.29) is 18.2 Å². The molecule has 0 unspecified atom stereocenters. The molecule has 2 amide bonds. The minimum absolute atomic E-state index is 0.0702. The Kier molecular flexibility index (Phi) is 7.62. The number of carbonyl (C=O) groups excluding carboxylic acids is 2. The zero-order chi connectivity index (χ0) is 18.9. The molecule has 0 heterocycles. The molecule has 0 aliphatic rings. The molecule has 0 bridgehead atoms. The van der Waals surface area contributed by atoms with Crippen LogP contribution in [0, 0.1) is 0 Å². The number of halogens is 1. The molecule has 0 saturated carbocycles. The Labute approximate surface area is 161 Å². The van der Waals surface area contributed by atoms with Crippen molar-refractivity contribution in [3.63, 3.8) is 0 Å². The summed E-state index contributed by atoms with van der Waals surface area (Å²) in [6.07, 6.45) is 0.277. The van der Waals surface area contributed by atoms with Crippen molar-refractivity contribution in [3.8, 4) is 5.75 Å². The molecule has 0 fully saturated rings. The fraction of sp³-hybridized carbons (Fsp3) is 0.263. The zero-order valence-corrected chi connectivity index (χ0v) is 16.3. The Morgan fingerprint density at radius 1 is 1.08 bits per heavy atom. The van der Waals surface area contributed by atoms with Crippen molar-refractivity contribution in [2.45, 2.75) is 6.42 Å². The van der Waals surface area contributed by atoms with E-state index in [9.17, 15) is 9.59 Å². The van der Waals surface area contributed by atoms with Gasteiger partial charge in [0.05, 0.1) is 25.7 Å². The van der Waals surface area contributed by atoms with Gasteiger partial charge in [-0.05, 0) is 51.8 Å². The molecule has 26 heavy (non-hydrogen) atoms. The first-order chi connectivity index (χ1) is 12.5. The van der Waals surface area contributed by atoms with Gasteiger partial charge in [0.2, 0.25) is 5.91 Å². The Balaban J connectivity index is 1.96. The molecule has 0 aliphatic heterocycles. The SMILES string of the molecule is COCCNC(=O)Cc1ccc(NC(=O)c2cc(OC)ccc2Br)cc1. The lowest BCUT2D eigenvalue weighted by atomic mass is 10.1.